The number of piperidine rings is 1. The summed E-state index contributed by atoms with van der Waals surface area (Å²) in [5, 5.41) is 10.8. The largest absolute Gasteiger partial charge is 0.449 e. The maximum Gasteiger partial charge on any atom is 0.409 e. The highest BCUT2D eigenvalue weighted by atomic mass is 16.6. The van der Waals surface area contributed by atoms with Crippen molar-refractivity contribution < 1.29 is 14.5 Å². The van der Waals surface area contributed by atoms with Crippen LogP contribution in [0, 0.1) is 10.1 Å². The summed E-state index contributed by atoms with van der Waals surface area (Å²) in [4.78, 5) is 29.1. The summed E-state index contributed by atoms with van der Waals surface area (Å²) >= 11 is 0. The van der Waals surface area contributed by atoms with E-state index in [9.17, 15) is 14.9 Å². The van der Waals surface area contributed by atoms with Gasteiger partial charge in [0.2, 0.25) is 0 Å². The van der Waals surface area contributed by atoms with Gasteiger partial charge in [-0.25, -0.2) is 4.79 Å². The van der Waals surface area contributed by atoms with Gasteiger partial charge >= 0.3 is 6.09 Å². The standard InChI is InChI=1S/C20H30N4O4/c1-2-3-16-28-20(25)23-14-12-22(13-15-23)18-8-10-21(11-9-18)17-4-6-19(7-5-17)24(26)27/h4-7,18H,2-3,8-16H2,1H3. The Bertz CT molecular complexity index is 651. The van der Waals surface area contributed by atoms with E-state index in [1.165, 1.54) is 0 Å². The van der Waals surface area contributed by atoms with Crippen molar-refractivity contribution in [2.75, 3.05) is 50.8 Å². The van der Waals surface area contributed by atoms with Crippen molar-refractivity contribution in [3.05, 3.63) is 34.4 Å². The molecule has 2 saturated heterocycles. The number of carbonyl (C=O) groups excluding carboxylic acids is 1. The third kappa shape index (κ3) is 5.13. The molecule has 0 spiro atoms. The molecule has 8 heteroatoms. The molecule has 8 nitrogen and oxygen atoms in total. The van der Waals surface area contributed by atoms with Crippen LogP contribution in [0.4, 0.5) is 16.2 Å². The molecule has 0 aliphatic carbocycles. The number of carbonyl (C=O) groups is 1. The van der Waals surface area contributed by atoms with Crippen LogP contribution < -0.4 is 4.90 Å². The molecule has 0 bridgehead atoms. The predicted molar refractivity (Wildman–Crippen MR) is 108 cm³/mol. The van der Waals surface area contributed by atoms with Crippen LogP contribution in [-0.2, 0) is 4.74 Å². The number of nitro groups is 1. The Hall–Kier alpha value is -2.35. The number of hydrogen-bond acceptors (Lipinski definition) is 6. The van der Waals surface area contributed by atoms with Gasteiger partial charge < -0.3 is 14.5 Å². The van der Waals surface area contributed by atoms with Crippen molar-refractivity contribution >= 4 is 17.5 Å². The van der Waals surface area contributed by atoms with Crippen molar-refractivity contribution in [2.24, 2.45) is 0 Å². The smallest absolute Gasteiger partial charge is 0.409 e. The van der Waals surface area contributed by atoms with Gasteiger partial charge in [-0.3, -0.25) is 15.0 Å². The zero-order valence-corrected chi connectivity index (χ0v) is 16.6. The number of unbranched alkanes of at least 4 members (excludes halogenated alkanes) is 1. The minimum atomic E-state index is -0.366. The fourth-order valence-corrected chi connectivity index (χ4v) is 3.94. The minimum Gasteiger partial charge on any atom is -0.449 e. The first kappa shape index (κ1) is 20.4. The molecule has 0 saturated carbocycles. The molecule has 2 aliphatic heterocycles. The Kier molecular flexibility index (Phi) is 7.08. The zero-order valence-electron chi connectivity index (χ0n) is 16.6. The number of benzene rings is 1. The van der Waals surface area contributed by atoms with Crippen LogP contribution in [0.25, 0.3) is 0 Å². The fraction of sp³-hybridized carbons (Fsp3) is 0.650. The Labute approximate surface area is 166 Å². The molecule has 0 N–H and O–H groups in total. The van der Waals surface area contributed by atoms with Gasteiger partial charge in [0, 0.05) is 63.1 Å². The van der Waals surface area contributed by atoms with Crippen molar-refractivity contribution in [3.8, 4) is 0 Å². The molecule has 2 fully saturated rings. The Morgan fingerprint density at radius 2 is 1.75 bits per heavy atom. The highest BCUT2D eigenvalue weighted by Gasteiger charge is 2.29. The maximum atomic E-state index is 12.1. The number of nitro benzene ring substituents is 1. The van der Waals surface area contributed by atoms with E-state index in [2.05, 4.69) is 16.7 Å². The lowest BCUT2D eigenvalue weighted by atomic mass is 10.0. The molecule has 1 aromatic carbocycles. The van der Waals surface area contributed by atoms with Gasteiger partial charge in [0.15, 0.2) is 0 Å². The zero-order chi connectivity index (χ0) is 19.9. The molecule has 1 amide bonds. The second kappa shape index (κ2) is 9.73. The fourth-order valence-electron chi connectivity index (χ4n) is 3.94. The predicted octanol–water partition coefficient (Wildman–Crippen LogP) is 3.12. The number of nitrogens with zero attached hydrogens (tertiary/aromatic N) is 4. The van der Waals surface area contributed by atoms with Crippen LogP contribution in [0.15, 0.2) is 24.3 Å². The molecule has 2 heterocycles. The molecule has 0 aromatic heterocycles. The quantitative estimate of drug-likeness (QED) is 0.422. The Balaban J connectivity index is 1.42. The molecule has 0 radical (unpaired) electrons. The molecular weight excluding hydrogens is 360 g/mol. The van der Waals surface area contributed by atoms with E-state index in [1.54, 1.807) is 12.1 Å². The average molecular weight is 390 g/mol. The van der Waals surface area contributed by atoms with Crippen LogP contribution in [0.1, 0.15) is 32.6 Å². The number of non-ortho nitro benzene ring substituents is 1. The highest BCUT2D eigenvalue weighted by molar-refractivity contribution is 5.67. The summed E-state index contributed by atoms with van der Waals surface area (Å²) in [5.74, 6) is 0. The maximum absolute atomic E-state index is 12.1. The van der Waals surface area contributed by atoms with Crippen molar-refractivity contribution in [1.82, 2.24) is 9.80 Å². The lowest BCUT2D eigenvalue weighted by Gasteiger charge is -2.43. The van der Waals surface area contributed by atoms with Gasteiger partial charge in [-0.05, 0) is 31.4 Å². The van der Waals surface area contributed by atoms with Crippen LogP contribution in [0.3, 0.4) is 0 Å². The van der Waals surface area contributed by atoms with E-state index in [0.717, 1.165) is 70.6 Å². The summed E-state index contributed by atoms with van der Waals surface area (Å²) in [5.41, 5.74) is 1.17. The SMILES string of the molecule is CCCCOC(=O)N1CCN(C2CCN(c3ccc([N+](=O)[O-])cc3)CC2)CC1. The highest BCUT2D eigenvalue weighted by Crippen LogP contribution is 2.25. The van der Waals surface area contributed by atoms with E-state index < -0.39 is 0 Å². The second-order valence-corrected chi connectivity index (χ2v) is 7.48. The third-order valence-corrected chi connectivity index (χ3v) is 5.70. The Morgan fingerprint density at radius 1 is 1.11 bits per heavy atom. The average Bonchev–Trinajstić information content (AvgIpc) is 2.74. The number of ether oxygens (including phenoxy) is 1. The number of amides is 1. The summed E-state index contributed by atoms with van der Waals surface area (Å²) in [6.45, 7) is 7.73. The molecule has 28 heavy (non-hydrogen) atoms. The molecular formula is C20H30N4O4. The van der Waals surface area contributed by atoms with E-state index in [4.69, 9.17) is 4.74 Å². The summed E-state index contributed by atoms with van der Waals surface area (Å²) in [6.07, 6.45) is 3.90. The van der Waals surface area contributed by atoms with Gasteiger partial charge in [0.25, 0.3) is 5.69 Å². The van der Waals surface area contributed by atoms with E-state index in [1.807, 2.05) is 17.0 Å². The summed E-state index contributed by atoms with van der Waals surface area (Å²) in [6, 6.07) is 7.34. The minimum absolute atomic E-state index is 0.129. The first-order chi connectivity index (χ1) is 13.6. The van der Waals surface area contributed by atoms with Crippen LogP contribution in [0.5, 0.6) is 0 Å². The first-order valence-corrected chi connectivity index (χ1v) is 10.2. The number of hydrogen-bond donors (Lipinski definition) is 0. The van der Waals surface area contributed by atoms with Gasteiger partial charge in [0.05, 0.1) is 11.5 Å². The lowest BCUT2D eigenvalue weighted by Crippen LogP contribution is -2.54. The van der Waals surface area contributed by atoms with Crippen LogP contribution in [0.2, 0.25) is 0 Å². The number of piperazine rings is 1. The summed E-state index contributed by atoms with van der Waals surface area (Å²) in [7, 11) is 0. The normalized spacial score (nSPS) is 18.9. The summed E-state index contributed by atoms with van der Waals surface area (Å²) < 4.78 is 5.31. The van der Waals surface area contributed by atoms with Gasteiger partial charge in [-0.2, -0.15) is 0 Å². The second-order valence-electron chi connectivity index (χ2n) is 7.48. The van der Waals surface area contributed by atoms with Gasteiger partial charge in [-0.1, -0.05) is 13.3 Å². The van der Waals surface area contributed by atoms with Crippen molar-refractivity contribution in [1.29, 1.82) is 0 Å². The lowest BCUT2D eigenvalue weighted by molar-refractivity contribution is -0.384. The molecule has 154 valence electrons. The van der Waals surface area contributed by atoms with Crippen molar-refractivity contribution in [2.45, 2.75) is 38.6 Å². The monoisotopic (exact) mass is 390 g/mol. The van der Waals surface area contributed by atoms with Crippen LogP contribution >= 0.6 is 0 Å². The third-order valence-electron chi connectivity index (χ3n) is 5.70. The molecule has 0 atom stereocenters. The van der Waals surface area contributed by atoms with E-state index in [0.29, 0.717) is 12.6 Å². The van der Waals surface area contributed by atoms with Gasteiger partial charge in [0.1, 0.15) is 0 Å². The van der Waals surface area contributed by atoms with Crippen LogP contribution in [-0.4, -0.2) is 72.7 Å². The molecule has 2 aliphatic rings. The topological polar surface area (TPSA) is 79.2 Å². The molecule has 3 rings (SSSR count). The van der Waals surface area contributed by atoms with E-state index >= 15 is 0 Å². The molecule has 1 aromatic rings. The number of anilines is 1. The van der Waals surface area contributed by atoms with Crippen molar-refractivity contribution in [3.63, 3.8) is 0 Å². The van der Waals surface area contributed by atoms with E-state index in [-0.39, 0.29) is 16.7 Å². The van der Waals surface area contributed by atoms with Gasteiger partial charge in [-0.15, -0.1) is 0 Å². The number of rotatable bonds is 6. The first-order valence-electron chi connectivity index (χ1n) is 10.2. The molecule has 0 unspecified atom stereocenters. The Morgan fingerprint density at radius 3 is 2.32 bits per heavy atom.